The molecule has 0 unspecified atom stereocenters. The van der Waals surface area contributed by atoms with Gasteiger partial charge in [-0.1, -0.05) is 18.2 Å². The van der Waals surface area contributed by atoms with Crippen molar-refractivity contribution < 1.29 is 49.7 Å². The van der Waals surface area contributed by atoms with E-state index in [4.69, 9.17) is 18.9 Å². The molecule has 0 fully saturated rings. The molecular weight excluding hydrogens is 534 g/mol. The lowest BCUT2D eigenvalue weighted by Crippen LogP contribution is -2.18. The first kappa shape index (κ1) is 28.4. The van der Waals surface area contributed by atoms with Crippen molar-refractivity contribution in [2.24, 2.45) is 0 Å². The maximum Gasteiger partial charge on any atom is 0.573 e. The predicted octanol–water partition coefficient (Wildman–Crippen LogP) is 5.73. The smallest absolute Gasteiger partial charge is 0.494 e. The summed E-state index contributed by atoms with van der Waals surface area (Å²) < 4.78 is 106. The van der Waals surface area contributed by atoms with E-state index in [-0.39, 0.29) is 11.3 Å². The van der Waals surface area contributed by atoms with Crippen molar-refractivity contribution in [2.45, 2.75) is 11.3 Å². The highest BCUT2D eigenvalue weighted by atomic mass is 32.2. The number of rotatable bonds is 10. The highest BCUT2D eigenvalue weighted by molar-refractivity contribution is 7.92. The minimum atomic E-state index is -5.03. The summed E-state index contributed by atoms with van der Waals surface area (Å²) in [4.78, 5) is -0.582. The Hall–Kier alpha value is -4.13. The number of hydrogen-bond acceptors (Lipinski definition) is 7. The molecule has 0 spiro atoms. The average Bonchev–Trinajstić information content (AvgIpc) is 2.87. The standard InChI is InChI=1S/C25H23F4NO7S/c1-33-19-11-10-16(9-8-15-12-20(34-2)24(36-4)21(13-15)35-3)23(22(19)26)30-38(31,32)18-7-5-6-17(14-18)37-25(27,28)29/h5-14,30H,1-4H3. The molecular formula is C25H23F4NO7S. The summed E-state index contributed by atoms with van der Waals surface area (Å²) in [6.07, 6.45) is -2.06. The van der Waals surface area contributed by atoms with Gasteiger partial charge in [0.05, 0.1) is 39.0 Å². The SMILES string of the molecule is COc1ccc(C=Cc2cc(OC)c(OC)c(OC)c2)c(NS(=O)(=O)c2cccc(OC(F)(F)F)c2)c1F. The third-order valence-electron chi connectivity index (χ3n) is 5.09. The molecule has 3 aromatic rings. The number of nitrogens with one attached hydrogen (secondary N) is 1. The van der Waals surface area contributed by atoms with Gasteiger partial charge in [0.1, 0.15) is 5.75 Å². The van der Waals surface area contributed by atoms with Crippen LogP contribution in [-0.4, -0.2) is 43.2 Å². The molecule has 0 aromatic heterocycles. The van der Waals surface area contributed by atoms with E-state index in [2.05, 4.69) is 9.46 Å². The van der Waals surface area contributed by atoms with E-state index in [1.807, 2.05) is 0 Å². The molecule has 38 heavy (non-hydrogen) atoms. The van der Waals surface area contributed by atoms with Crippen molar-refractivity contribution >= 4 is 27.9 Å². The number of methoxy groups -OCH3 is 4. The number of sulfonamides is 1. The van der Waals surface area contributed by atoms with Crippen LogP contribution in [0.2, 0.25) is 0 Å². The first-order valence-electron chi connectivity index (χ1n) is 10.7. The molecule has 0 bridgehead atoms. The number of alkyl halides is 3. The van der Waals surface area contributed by atoms with Gasteiger partial charge in [-0.2, -0.15) is 0 Å². The van der Waals surface area contributed by atoms with Gasteiger partial charge in [-0.3, -0.25) is 4.72 Å². The zero-order valence-electron chi connectivity index (χ0n) is 20.6. The second kappa shape index (κ2) is 11.5. The molecule has 0 amide bonds. The Bertz CT molecular complexity index is 1420. The van der Waals surface area contributed by atoms with Crippen molar-refractivity contribution in [3.63, 3.8) is 0 Å². The summed E-state index contributed by atoms with van der Waals surface area (Å²) in [7, 11) is 0.952. The van der Waals surface area contributed by atoms with E-state index in [9.17, 15) is 21.6 Å². The summed E-state index contributed by atoms with van der Waals surface area (Å²) in [6.45, 7) is 0. The minimum absolute atomic E-state index is 0.0864. The van der Waals surface area contributed by atoms with Gasteiger partial charge in [0.25, 0.3) is 10.0 Å². The fourth-order valence-corrected chi connectivity index (χ4v) is 4.51. The molecule has 0 aliphatic rings. The van der Waals surface area contributed by atoms with Crippen molar-refractivity contribution in [2.75, 3.05) is 33.2 Å². The zero-order chi connectivity index (χ0) is 28.1. The van der Waals surface area contributed by atoms with Gasteiger partial charge >= 0.3 is 6.36 Å². The Morgan fingerprint density at radius 2 is 1.45 bits per heavy atom. The van der Waals surface area contributed by atoms with E-state index in [1.54, 1.807) is 18.2 Å². The molecule has 0 aliphatic heterocycles. The maximum absolute atomic E-state index is 15.2. The molecule has 0 aliphatic carbocycles. The monoisotopic (exact) mass is 557 g/mol. The van der Waals surface area contributed by atoms with E-state index in [1.165, 1.54) is 46.6 Å². The van der Waals surface area contributed by atoms with Gasteiger partial charge < -0.3 is 23.7 Å². The highest BCUT2D eigenvalue weighted by Crippen LogP contribution is 2.39. The van der Waals surface area contributed by atoms with Crippen LogP contribution in [0.15, 0.2) is 53.4 Å². The first-order chi connectivity index (χ1) is 17.9. The fourth-order valence-electron chi connectivity index (χ4n) is 3.39. The Labute approximate surface area is 216 Å². The van der Waals surface area contributed by atoms with Crippen molar-refractivity contribution in [3.05, 3.63) is 65.5 Å². The maximum atomic E-state index is 15.2. The Kier molecular flexibility index (Phi) is 8.61. The van der Waals surface area contributed by atoms with Gasteiger partial charge in [0.2, 0.25) is 5.75 Å². The third kappa shape index (κ3) is 6.59. The van der Waals surface area contributed by atoms with Gasteiger partial charge in [0.15, 0.2) is 23.1 Å². The molecule has 0 heterocycles. The van der Waals surface area contributed by atoms with E-state index in [0.717, 1.165) is 18.2 Å². The van der Waals surface area contributed by atoms with E-state index in [0.29, 0.717) is 28.9 Å². The molecule has 0 atom stereocenters. The van der Waals surface area contributed by atoms with Crippen LogP contribution in [-0.2, 0) is 10.0 Å². The summed E-state index contributed by atoms with van der Waals surface area (Å²) in [5.74, 6) is -0.988. The van der Waals surface area contributed by atoms with Crippen LogP contribution in [0.3, 0.4) is 0 Å². The summed E-state index contributed by atoms with van der Waals surface area (Å²) in [5.41, 5.74) is 0.139. The van der Waals surface area contributed by atoms with Crippen molar-refractivity contribution in [1.82, 2.24) is 0 Å². The number of ether oxygens (including phenoxy) is 5. The fraction of sp³-hybridized carbons (Fsp3) is 0.200. The van der Waals surface area contributed by atoms with Gasteiger partial charge in [-0.15, -0.1) is 13.2 Å². The molecule has 3 aromatic carbocycles. The Morgan fingerprint density at radius 1 is 0.816 bits per heavy atom. The Balaban J connectivity index is 2.04. The number of hydrogen-bond donors (Lipinski definition) is 1. The average molecular weight is 558 g/mol. The number of halogens is 4. The van der Waals surface area contributed by atoms with Crippen LogP contribution in [0.5, 0.6) is 28.7 Å². The van der Waals surface area contributed by atoms with Gasteiger partial charge in [0, 0.05) is 11.6 Å². The first-order valence-corrected chi connectivity index (χ1v) is 12.1. The number of benzene rings is 3. The lowest BCUT2D eigenvalue weighted by Gasteiger charge is -2.15. The molecule has 1 N–H and O–H groups in total. The molecule has 0 saturated carbocycles. The summed E-state index contributed by atoms with van der Waals surface area (Å²) >= 11 is 0. The van der Waals surface area contributed by atoms with Gasteiger partial charge in [-0.25, -0.2) is 12.8 Å². The molecule has 8 nitrogen and oxygen atoms in total. The van der Waals surface area contributed by atoms with Crippen LogP contribution in [0.1, 0.15) is 11.1 Å². The lowest BCUT2D eigenvalue weighted by atomic mass is 10.1. The quantitative estimate of drug-likeness (QED) is 0.251. The molecule has 204 valence electrons. The van der Waals surface area contributed by atoms with Gasteiger partial charge in [-0.05, 0) is 42.0 Å². The third-order valence-corrected chi connectivity index (χ3v) is 6.43. The van der Waals surface area contributed by atoms with E-state index >= 15 is 4.39 Å². The van der Waals surface area contributed by atoms with Crippen molar-refractivity contribution in [3.8, 4) is 28.7 Å². The zero-order valence-corrected chi connectivity index (χ0v) is 21.4. The van der Waals surface area contributed by atoms with Crippen LogP contribution in [0.25, 0.3) is 12.2 Å². The summed E-state index contributed by atoms with van der Waals surface area (Å²) in [6, 6.07) is 9.63. The van der Waals surface area contributed by atoms with Crippen LogP contribution < -0.4 is 28.4 Å². The van der Waals surface area contributed by atoms with Crippen LogP contribution in [0.4, 0.5) is 23.2 Å². The second-order valence-corrected chi connectivity index (χ2v) is 9.15. The van der Waals surface area contributed by atoms with E-state index < -0.39 is 38.5 Å². The molecule has 0 saturated heterocycles. The summed E-state index contributed by atoms with van der Waals surface area (Å²) in [5, 5.41) is 0. The van der Waals surface area contributed by atoms with Crippen molar-refractivity contribution in [1.29, 1.82) is 0 Å². The largest absolute Gasteiger partial charge is 0.573 e. The highest BCUT2D eigenvalue weighted by Gasteiger charge is 2.31. The Morgan fingerprint density at radius 3 is 2.00 bits per heavy atom. The second-order valence-electron chi connectivity index (χ2n) is 7.47. The van der Waals surface area contributed by atoms with Crippen LogP contribution in [0, 0.1) is 5.82 Å². The topological polar surface area (TPSA) is 92.3 Å². The molecule has 13 heteroatoms. The predicted molar refractivity (Wildman–Crippen MR) is 132 cm³/mol. The molecule has 0 radical (unpaired) electrons. The normalized spacial score (nSPS) is 11.8. The number of anilines is 1. The van der Waals surface area contributed by atoms with Crippen LogP contribution >= 0.6 is 0 Å². The molecule has 3 rings (SSSR count). The lowest BCUT2D eigenvalue weighted by molar-refractivity contribution is -0.274. The minimum Gasteiger partial charge on any atom is -0.494 e.